The van der Waals surface area contributed by atoms with Crippen LogP contribution in [0.5, 0.6) is 0 Å². The fourth-order valence-corrected chi connectivity index (χ4v) is 3.23. The van der Waals surface area contributed by atoms with Gasteiger partial charge in [0, 0.05) is 13.7 Å². The Labute approximate surface area is 129 Å². The molecule has 124 valence electrons. The molecule has 0 aromatic carbocycles. The molecule has 0 saturated carbocycles. The van der Waals surface area contributed by atoms with Crippen LogP contribution < -0.4 is 11.1 Å². The molecule has 2 atom stereocenters. The largest absolute Gasteiger partial charge is 0.384 e. The van der Waals surface area contributed by atoms with Crippen molar-refractivity contribution in [2.24, 2.45) is 11.7 Å². The first-order valence-electron chi connectivity index (χ1n) is 8.28. The van der Waals surface area contributed by atoms with Crippen molar-refractivity contribution in [2.75, 3.05) is 39.9 Å². The second-order valence-corrected chi connectivity index (χ2v) is 6.45. The Kier molecular flexibility index (Phi) is 8.22. The van der Waals surface area contributed by atoms with E-state index in [1.54, 1.807) is 7.11 Å². The lowest BCUT2D eigenvalue weighted by Gasteiger charge is -2.33. The maximum atomic E-state index is 11.6. The third kappa shape index (κ3) is 6.32. The molecule has 1 amide bonds. The minimum Gasteiger partial charge on any atom is -0.384 e. The normalized spacial score (nSPS) is 22.9. The molecule has 3 N–H and O–H groups in total. The molecule has 1 saturated heterocycles. The van der Waals surface area contributed by atoms with E-state index in [9.17, 15) is 4.79 Å². The average molecular weight is 299 g/mol. The van der Waals surface area contributed by atoms with Gasteiger partial charge in [0.05, 0.1) is 12.1 Å². The number of likely N-dealkylation sites (N-methyl/N-ethyl adjacent to an activating group) is 1. The standard InChI is InChI=1S/C16H33N3O2/c1-4-18-16(2,15(17)20)9-5-6-10-19-11-7-8-14(12-19)13-21-3/h14,18H,4-13H2,1-3H3,(H2,17,20). The Morgan fingerprint density at radius 3 is 2.86 bits per heavy atom. The summed E-state index contributed by atoms with van der Waals surface area (Å²) in [5.74, 6) is 0.434. The summed E-state index contributed by atoms with van der Waals surface area (Å²) in [7, 11) is 1.78. The molecule has 0 aromatic heterocycles. The highest BCUT2D eigenvalue weighted by molar-refractivity contribution is 5.84. The summed E-state index contributed by atoms with van der Waals surface area (Å²) in [6.07, 6.45) is 5.51. The fraction of sp³-hybridized carbons (Fsp3) is 0.938. The first kappa shape index (κ1) is 18.4. The van der Waals surface area contributed by atoms with Crippen molar-refractivity contribution in [2.45, 2.75) is 51.5 Å². The Hall–Kier alpha value is -0.650. The van der Waals surface area contributed by atoms with Gasteiger partial charge in [-0.15, -0.1) is 0 Å². The molecule has 5 heteroatoms. The molecule has 1 rings (SSSR count). The molecule has 1 heterocycles. The van der Waals surface area contributed by atoms with E-state index < -0.39 is 5.54 Å². The van der Waals surface area contributed by atoms with E-state index in [0.717, 1.165) is 45.5 Å². The highest BCUT2D eigenvalue weighted by Crippen LogP contribution is 2.18. The smallest absolute Gasteiger partial charge is 0.237 e. The molecular weight excluding hydrogens is 266 g/mol. The third-order valence-electron chi connectivity index (χ3n) is 4.52. The summed E-state index contributed by atoms with van der Waals surface area (Å²) >= 11 is 0. The zero-order valence-corrected chi connectivity index (χ0v) is 14.0. The molecule has 1 aliphatic heterocycles. The highest BCUT2D eigenvalue weighted by Gasteiger charge is 2.29. The summed E-state index contributed by atoms with van der Waals surface area (Å²) in [6, 6.07) is 0. The number of amides is 1. The Bertz CT molecular complexity index is 310. The van der Waals surface area contributed by atoms with Crippen LogP contribution in [0.15, 0.2) is 0 Å². The van der Waals surface area contributed by atoms with E-state index in [4.69, 9.17) is 10.5 Å². The average Bonchev–Trinajstić information content (AvgIpc) is 2.45. The molecule has 0 aliphatic carbocycles. The van der Waals surface area contributed by atoms with Gasteiger partial charge in [-0.3, -0.25) is 4.79 Å². The number of hydrogen-bond donors (Lipinski definition) is 2. The molecule has 0 bridgehead atoms. The number of likely N-dealkylation sites (tertiary alicyclic amines) is 1. The predicted octanol–water partition coefficient (Wildman–Crippen LogP) is 1.37. The summed E-state index contributed by atoms with van der Waals surface area (Å²) in [4.78, 5) is 14.1. The summed E-state index contributed by atoms with van der Waals surface area (Å²) in [5, 5.41) is 3.22. The van der Waals surface area contributed by atoms with Crippen LogP contribution in [0, 0.1) is 5.92 Å². The third-order valence-corrected chi connectivity index (χ3v) is 4.52. The minimum absolute atomic E-state index is 0.248. The second kappa shape index (κ2) is 9.38. The molecule has 1 fully saturated rings. The van der Waals surface area contributed by atoms with Crippen molar-refractivity contribution in [3.8, 4) is 0 Å². The van der Waals surface area contributed by atoms with Gasteiger partial charge in [0.1, 0.15) is 0 Å². The van der Waals surface area contributed by atoms with Crippen molar-refractivity contribution >= 4 is 5.91 Å². The number of hydrogen-bond acceptors (Lipinski definition) is 4. The number of ether oxygens (including phenoxy) is 1. The zero-order valence-electron chi connectivity index (χ0n) is 14.0. The van der Waals surface area contributed by atoms with E-state index in [2.05, 4.69) is 10.2 Å². The van der Waals surface area contributed by atoms with Crippen LogP contribution in [0.1, 0.15) is 46.0 Å². The van der Waals surface area contributed by atoms with Crippen LogP contribution in [-0.4, -0.2) is 56.2 Å². The van der Waals surface area contributed by atoms with E-state index in [1.807, 2.05) is 13.8 Å². The number of piperidine rings is 1. The van der Waals surface area contributed by atoms with Crippen molar-refractivity contribution in [3.05, 3.63) is 0 Å². The molecule has 5 nitrogen and oxygen atoms in total. The van der Waals surface area contributed by atoms with Crippen LogP contribution in [0.4, 0.5) is 0 Å². The number of rotatable bonds is 10. The summed E-state index contributed by atoms with van der Waals surface area (Å²) in [6.45, 7) is 9.01. The van der Waals surface area contributed by atoms with Crippen molar-refractivity contribution in [1.29, 1.82) is 0 Å². The zero-order chi connectivity index (χ0) is 15.7. The summed E-state index contributed by atoms with van der Waals surface area (Å²) in [5.41, 5.74) is 4.95. The number of nitrogens with zero attached hydrogens (tertiary/aromatic N) is 1. The monoisotopic (exact) mass is 299 g/mol. The molecule has 0 spiro atoms. The first-order valence-corrected chi connectivity index (χ1v) is 8.28. The van der Waals surface area contributed by atoms with Gasteiger partial charge >= 0.3 is 0 Å². The number of primary amides is 1. The number of unbranched alkanes of at least 4 members (excludes halogenated alkanes) is 1. The van der Waals surface area contributed by atoms with Gasteiger partial charge in [0.15, 0.2) is 0 Å². The lowest BCUT2D eigenvalue weighted by atomic mass is 9.93. The van der Waals surface area contributed by atoms with Crippen LogP contribution in [0.25, 0.3) is 0 Å². The van der Waals surface area contributed by atoms with E-state index >= 15 is 0 Å². The first-order chi connectivity index (χ1) is 10.0. The molecular formula is C16H33N3O2. The van der Waals surface area contributed by atoms with Crippen LogP contribution in [0.3, 0.4) is 0 Å². The lowest BCUT2D eigenvalue weighted by Crippen LogP contribution is -2.53. The van der Waals surface area contributed by atoms with E-state index in [1.165, 1.54) is 19.4 Å². The van der Waals surface area contributed by atoms with Gasteiger partial charge in [-0.25, -0.2) is 0 Å². The number of nitrogens with one attached hydrogen (secondary N) is 1. The lowest BCUT2D eigenvalue weighted by molar-refractivity contribution is -0.124. The Balaban J connectivity index is 2.25. The van der Waals surface area contributed by atoms with E-state index in [-0.39, 0.29) is 5.91 Å². The Morgan fingerprint density at radius 1 is 1.48 bits per heavy atom. The molecule has 0 aromatic rings. The fourth-order valence-electron chi connectivity index (χ4n) is 3.23. The number of carbonyl (C=O) groups is 1. The van der Waals surface area contributed by atoms with Gasteiger partial charge in [0.2, 0.25) is 5.91 Å². The topological polar surface area (TPSA) is 67.6 Å². The van der Waals surface area contributed by atoms with Crippen molar-refractivity contribution in [1.82, 2.24) is 10.2 Å². The minimum atomic E-state index is -0.560. The number of methoxy groups -OCH3 is 1. The van der Waals surface area contributed by atoms with Crippen molar-refractivity contribution in [3.63, 3.8) is 0 Å². The quantitative estimate of drug-likeness (QED) is 0.598. The molecule has 0 radical (unpaired) electrons. The SMILES string of the molecule is CCNC(C)(CCCCN1CCCC(COC)C1)C(N)=O. The van der Waals surface area contributed by atoms with Gasteiger partial charge in [-0.2, -0.15) is 0 Å². The van der Waals surface area contributed by atoms with E-state index in [0.29, 0.717) is 5.92 Å². The van der Waals surface area contributed by atoms with Crippen LogP contribution in [0.2, 0.25) is 0 Å². The van der Waals surface area contributed by atoms with Gasteiger partial charge in [0.25, 0.3) is 0 Å². The number of carbonyl (C=O) groups excluding carboxylic acids is 1. The van der Waals surface area contributed by atoms with Crippen molar-refractivity contribution < 1.29 is 9.53 Å². The highest BCUT2D eigenvalue weighted by atomic mass is 16.5. The maximum Gasteiger partial charge on any atom is 0.237 e. The molecule has 2 unspecified atom stereocenters. The van der Waals surface area contributed by atoms with Gasteiger partial charge in [-0.05, 0) is 64.6 Å². The molecule has 1 aliphatic rings. The summed E-state index contributed by atoms with van der Waals surface area (Å²) < 4.78 is 5.27. The van der Waals surface area contributed by atoms with Crippen LogP contribution >= 0.6 is 0 Å². The van der Waals surface area contributed by atoms with Gasteiger partial charge < -0.3 is 20.7 Å². The number of nitrogens with two attached hydrogens (primary N) is 1. The Morgan fingerprint density at radius 2 is 2.24 bits per heavy atom. The molecule has 21 heavy (non-hydrogen) atoms. The van der Waals surface area contributed by atoms with Gasteiger partial charge in [-0.1, -0.05) is 6.92 Å². The second-order valence-electron chi connectivity index (χ2n) is 6.45. The predicted molar refractivity (Wildman–Crippen MR) is 86.2 cm³/mol. The maximum absolute atomic E-state index is 11.6. The van der Waals surface area contributed by atoms with Crippen LogP contribution in [-0.2, 0) is 9.53 Å².